The van der Waals surface area contributed by atoms with Gasteiger partial charge < -0.3 is 25.0 Å². The molecule has 1 rings (SSSR count). The average Bonchev–Trinajstić information content (AvgIpc) is 2.40. The van der Waals surface area contributed by atoms with E-state index in [9.17, 15) is 9.59 Å². The maximum absolute atomic E-state index is 12.0. The number of rotatable bonds is 4. The van der Waals surface area contributed by atoms with Crippen LogP contribution in [0.5, 0.6) is 0 Å². The van der Waals surface area contributed by atoms with Crippen LogP contribution in [0, 0.1) is 0 Å². The van der Waals surface area contributed by atoms with E-state index in [1.807, 2.05) is 41.5 Å². The molecule has 1 aliphatic heterocycles. The first-order valence-corrected chi connectivity index (χ1v) is 8.64. The molecule has 0 aliphatic carbocycles. The average molecular weight is 343 g/mol. The topological polar surface area (TPSA) is 79.9 Å². The van der Waals surface area contributed by atoms with E-state index in [0.717, 1.165) is 12.8 Å². The maximum atomic E-state index is 12.0. The second-order valence-electron chi connectivity index (χ2n) is 8.12. The highest BCUT2D eigenvalue weighted by Crippen LogP contribution is 2.15. The molecule has 0 aromatic carbocycles. The zero-order chi connectivity index (χ0) is 18.4. The van der Waals surface area contributed by atoms with Crippen molar-refractivity contribution >= 4 is 12.2 Å². The molecule has 1 fully saturated rings. The molecule has 1 saturated heterocycles. The molecule has 0 bridgehead atoms. The number of carbonyl (C=O) groups is 2. The van der Waals surface area contributed by atoms with E-state index in [4.69, 9.17) is 9.47 Å². The summed E-state index contributed by atoms with van der Waals surface area (Å²) in [6, 6.07) is 0.351. The van der Waals surface area contributed by atoms with Crippen LogP contribution in [0.2, 0.25) is 0 Å². The van der Waals surface area contributed by atoms with Crippen LogP contribution in [0.3, 0.4) is 0 Å². The molecule has 0 saturated carbocycles. The van der Waals surface area contributed by atoms with Crippen LogP contribution >= 0.6 is 0 Å². The number of amides is 2. The van der Waals surface area contributed by atoms with Crippen LogP contribution < -0.4 is 10.6 Å². The van der Waals surface area contributed by atoms with Crippen LogP contribution in [0.4, 0.5) is 9.59 Å². The molecule has 0 spiro atoms. The van der Waals surface area contributed by atoms with Crippen molar-refractivity contribution in [3.8, 4) is 0 Å². The Morgan fingerprint density at radius 2 is 1.50 bits per heavy atom. The lowest BCUT2D eigenvalue weighted by Crippen LogP contribution is -2.47. The quantitative estimate of drug-likeness (QED) is 0.767. The van der Waals surface area contributed by atoms with Crippen molar-refractivity contribution in [1.29, 1.82) is 0 Å². The van der Waals surface area contributed by atoms with E-state index in [-0.39, 0.29) is 6.09 Å². The van der Waals surface area contributed by atoms with Gasteiger partial charge in [-0.25, -0.2) is 9.59 Å². The number of ether oxygens (including phenoxy) is 2. The summed E-state index contributed by atoms with van der Waals surface area (Å²) in [6.45, 7) is 13.7. The molecule has 7 heteroatoms. The molecule has 0 unspecified atom stereocenters. The van der Waals surface area contributed by atoms with Crippen LogP contribution in [0.1, 0.15) is 54.4 Å². The standard InChI is InChI=1S/C17H33N3O4/c1-16(2,3)23-14(21)19-10-9-18-13-7-11-20(12-8-13)15(22)24-17(4,5)6/h13,18H,7-12H2,1-6H3,(H,19,21). The fourth-order valence-electron chi connectivity index (χ4n) is 2.35. The van der Waals surface area contributed by atoms with Gasteiger partial charge in [-0.1, -0.05) is 0 Å². The normalized spacial score (nSPS) is 16.7. The van der Waals surface area contributed by atoms with Gasteiger partial charge in [-0.2, -0.15) is 0 Å². The third kappa shape index (κ3) is 8.96. The molecule has 7 nitrogen and oxygen atoms in total. The summed E-state index contributed by atoms with van der Waals surface area (Å²) in [6.07, 6.45) is 1.12. The smallest absolute Gasteiger partial charge is 0.410 e. The molecule has 2 N–H and O–H groups in total. The van der Waals surface area contributed by atoms with Crippen molar-refractivity contribution in [2.75, 3.05) is 26.2 Å². The maximum Gasteiger partial charge on any atom is 0.410 e. The van der Waals surface area contributed by atoms with E-state index < -0.39 is 17.3 Å². The number of hydrogen-bond acceptors (Lipinski definition) is 5. The fraction of sp³-hybridized carbons (Fsp3) is 0.882. The molecule has 2 amide bonds. The lowest BCUT2D eigenvalue weighted by Gasteiger charge is -2.33. The second kappa shape index (κ2) is 8.55. The Hall–Kier alpha value is -1.50. The van der Waals surface area contributed by atoms with Crippen molar-refractivity contribution in [2.24, 2.45) is 0 Å². The van der Waals surface area contributed by atoms with Crippen LogP contribution in [0.15, 0.2) is 0 Å². The summed E-state index contributed by atoms with van der Waals surface area (Å²) in [4.78, 5) is 25.3. The first-order chi connectivity index (χ1) is 11.0. The molecule has 0 aromatic rings. The summed E-state index contributed by atoms with van der Waals surface area (Å²) in [7, 11) is 0. The van der Waals surface area contributed by atoms with Gasteiger partial charge in [-0.05, 0) is 54.4 Å². The summed E-state index contributed by atoms with van der Waals surface area (Å²) < 4.78 is 10.6. The number of likely N-dealkylation sites (tertiary alicyclic amines) is 1. The predicted octanol–water partition coefficient (Wildman–Crippen LogP) is 2.50. The Balaban J connectivity index is 2.16. The van der Waals surface area contributed by atoms with Crippen LogP contribution in [-0.2, 0) is 9.47 Å². The van der Waals surface area contributed by atoms with Gasteiger partial charge in [0.1, 0.15) is 11.2 Å². The van der Waals surface area contributed by atoms with E-state index in [0.29, 0.717) is 32.2 Å². The fourth-order valence-corrected chi connectivity index (χ4v) is 2.35. The monoisotopic (exact) mass is 343 g/mol. The first-order valence-electron chi connectivity index (χ1n) is 8.64. The highest BCUT2D eigenvalue weighted by atomic mass is 16.6. The molecule has 140 valence electrons. The van der Waals surface area contributed by atoms with E-state index in [2.05, 4.69) is 10.6 Å². The Morgan fingerprint density at radius 3 is 2.00 bits per heavy atom. The van der Waals surface area contributed by atoms with Crippen LogP contribution in [-0.4, -0.2) is 60.5 Å². The van der Waals surface area contributed by atoms with Gasteiger partial charge in [-0.3, -0.25) is 0 Å². The Kier molecular flexibility index (Phi) is 7.32. The van der Waals surface area contributed by atoms with E-state index in [1.54, 1.807) is 4.90 Å². The summed E-state index contributed by atoms with van der Waals surface area (Å²) in [5.74, 6) is 0. The summed E-state index contributed by atoms with van der Waals surface area (Å²) in [5, 5.41) is 6.12. The second-order valence-corrected chi connectivity index (χ2v) is 8.12. The zero-order valence-electron chi connectivity index (χ0n) is 15.9. The molecule has 1 heterocycles. The first kappa shape index (κ1) is 20.5. The van der Waals surface area contributed by atoms with Gasteiger partial charge in [0.2, 0.25) is 0 Å². The minimum Gasteiger partial charge on any atom is -0.444 e. The number of hydrogen-bond donors (Lipinski definition) is 2. The van der Waals surface area contributed by atoms with Gasteiger partial charge in [-0.15, -0.1) is 0 Å². The Bertz CT molecular complexity index is 419. The highest BCUT2D eigenvalue weighted by Gasteiger charge is 2.26. The third-order valence-electron chi connectivity index (χ3n) is 3.37. The van der Waals surface area contributed by atoms with Gasteiger partial charge in [0.15, 0.2) is 0 Å². The van der Waals surface area contributed by atoms with Crippen molar-refractivity contribution < 1.29 is 19.1 Å². The van der Waals surface area contributed by atoms with Gasteiger partial charge >= 0.3 is 12.2 Å². The predicted molar refractivity (Wildman–Crippen MR) is 93.1 cm³/mol. The Labute approximate surface area is 145 Å². The summed E-state index contributed by atoms with van der Waals surface area (Å²) >= 11 is 0. The number of nitrogens with one attached hydrogen (secondary N) is 2. The number of carbonyl (C=O) groups excluding carboxylic acids is 2. The molecule has 1 aliphatic rings. The Morgan fingerprint density at radius 1 is 0.958 bits per heavy atom. The SMILES string of the molecule is CC(C)(C)OC(=O)NCCNC1CCN(C(=O)OC(C)(C)C)CC1. The number of piperidine rings is 1. The van der Waals surface area contributed by atoms with E-state index >= 15 is 0 Å². The minimum atomic E-state index is -0.480. The molecule has 0 atom stereocenters. The van der Waals surface area contributed by atoms with Crippen molar-refractivity contribution in [1.82, 2.24) is 15.5 Å². The molecule has 0 radical (unpaired) electrons. The number of alkyl carbamates (subject to hydrolysis) is 1. The minimum absolute atomic E-state index is 0.243. The number of nitrogens with zero attached hydrogens (tertiary/aromatic N) is 1. The van der Waals surface area contributed by atoms with Crippen LogP contribution in [0.25, 0.3) is 0 Å². The summed E-state index contributed by atoms with van der Waals surface area (Å²) in [5.41, 5.74) is -0.939. The lowest BCUT2D eigenvalue weighted by molar-refractivity contribution is 0.0197. The molecular formula is C17H33N3O4. The van der Waals surface area contributed by atoms with Crippen molar-refractivity contribution in [3.63, 3.8) is 0 Å². The van der Waals surface area contributed by atoms with E-state index in [1.165, 1.54) is 0 Å². The molecular weight excluding hydrogens is 310 g/mol. The van der Waals surface area contributed by atoms with Crippen molar-refractivity contribution in [3.05, 3.63) is 0 Å². The highest BCUT2D eigenvalue weighted by molar-refractivity contribution is 5.68. The molecule has 0 aromatic heterocycles. The third-order valence-corrected chi connectivity index (χ3v) is 3.37. The molecule has 24 heavy (non-hydrogen) atoms. The largest absolute Gasteiger partial charge is 0.444 e. The van der Waals surface area contributed by atoms with Crippen molar-refractivity contribution in [2.45, 2.75) is 71.6 Å². The van der Waals surface area contributed by atoms with Gasteiger partial charge in [0, 0.05) is 32.2 Å². The zero-order valence-corrected chi connectivity index (χ0v) is 15.9. The lowest BCUT2D eigenvalue weighted by atomic mass is 10.1. The van der Waals surface area contributed by atoms with Gasteiger partial charge in [0.25, 0.3) is 0 Å². The van der Waals surface area contributed by atoms with Gasteiger partial charge in [0.05, 0.1) is 0 Å².